The molecule has 0 radical (unpaired) electrons. The van der Waals surface area contributed by atoms with E-state index >= 15 is 0 Å². The third-order valence-electron chi connectivity index (χ3n) is 6.28. The van der Waals surface area contributed by atoms with Crippen LogP contribution in [0.1, 0.15) is 48.4 Å². The minimum absolute atomic E-state index is 0.0187. The molecule has 1 N–H and O–H groups in total. The van der Waals surface area contributed by atoms with E-state index in [0.717, 1.165) is 17.9 Å². The van der Waals surface area contributed by atoms with Gasteiger partial charge >= 0.3 is 0 Å². The highest BCUT2D eigenvalue weighted by molar-refractivity contribution is 5.86. The van der Waals surface area contributed by atoms with Gasteiger partial charge in [-0.05, 0) is 47.7 Å². The third kappa shape index (κ3) is 5.51. The summed E-state index contributed by atoms with van der Waals surface area (Å²) in [4.78, 5) is 12.9. The molecule has 0 aliphatic heterocycles. The van der Waals surface area contributed by atoms with Gasteiger partial charge in [0.1, 0.15) is 5.75 Å². The second kappa shape index (κ2) is 10.6. The number of amides is 1. The molecule has 0 fully saturated rings. The molecule has 1 amide bonds. The molecule has 4 rings (SSSR count). The summed E-state index contributed by atoms with van der Waals surface area (Å²) in [5, 5.41) is 4.30. The maximum absolute atomic E-state index is 12.9. The van der Waals surface area contributed by atoms with Crippen LogP contribution in [0.3, 0.4) is 0 Å². The number of methoxy groups -OCH3 is 1. The number of para-hydroxylation sites is 1. The topological polar surface area (TPSA) is 43.3 Å². The Hall–Kier alpha value is -3.53. The maximum atomic E-state index is 12.9. The molecule has 3 aromatic carbocycles. The summed E-state index contributed by atoms with van der Waals surface area (Å²) >= 11 is 0. The fourth-order valence-corrected chi connectivity index (χ4v) is 4.39. The van der Waals surface area contributed by atoms with Gasteiger partial charge in [0.2, 0.25) is 5.91 Å². The number of rotatable bonds is 9. The van der Waals surface area contributed by atoms with Crippen LogP contribution in [-0.2, 0) is 11.3 Å². The number of nitrogens with zero attached hydrogens (tertiary/aromatic N) is 1. The van der Waals surface area contributed by atoms with Crippen molar-refractivity contribution < 1.29 is 9.53 Å². The van der Waals surface area contributed by atoms with Crippen LogP contribution in [-0.4, -0.2) is 24.1 Å². The number of aromatic nitrogens is 1. The number of benzene rings is 3. The zero-order valence-electron chi connectivity index (χ0n) is 20.5. The second-order valence-electron chi connectivity index (χ2n) is 9.44. The zero-order chi connectivity index (χ0) is 24.1. The van der Waals surface area contributed by atoms with E-state index < -0.39 is 0 Å². The van der Waals surface area contributed by atoms with E-state index in [4.69, 9.17) is 4.74 Å². The minimum atomic E-state index is -0.0187. The van der Waals surface area contributed by atoms with Crippen molar-refractivity contribution >= 4 is 16.8 Å². The maximum Gasteiger partial charge on any atom is 0.220 e. The molecule has 1 aromatic heterocycles. The molecule has 0 bridgehead atoms. The van der Waals surface area contributed by atoms with Crippen molar-refractivity contribution in [3.05, 3.63) is 101 Å². The van der Waals surface area contributed by atoms with Crippen LogP contribution in [0.4, 0.5) is 0 Å². The Labute approximate surface area is 202 Å². The van der Waals surface area contributed by atoms with Crippen molar-refractivity contribution in [2.45, 2.75) is 39.7 Å². The third-order valence-corrected chi connectivity index (χ3v) is 6.28. The van der Waals surface area contributed by atoms with Crippen molar-refractivity contribution in [2.24, 2.45) is 5.92 Å². The van der Waals surface area contributed by atoms with Gasteiger partial charge in [0.15, 0.2) is 0 Å². The van der Waals surface area contributed by atoms with Gasteiger partial charge in [0.05, 0.1) is 7.11 Å². The Bertz CT molecular complexity index is 1240. The van der Waals surface area contributed by atoms with Crippen molar-refractivity contribution in [1.29, 1.82) is 0 Å². The first-order chi connectivity index (χ1) is 16.4. The number of fused-ring (bicyclic) bond motifs is 1. The highest BCUT2D eigenvalue weighted by Crippen LogP contribution is 2.35. The summed E-state index contributed by atoms with van der Waals surface area (Å²) in [7, 11) is 1.68. The Morgan fingerprint density at radius 3 is 2.35 bits per heavy atom. The van der Waals surface area contributed by atoms with E-state index in [1.807, 2.05) is 12.1 Å². The van der Waals surface area contributed by atoms with Crippen LogP contribution in [0, 0.1) is 12.8 Å². The SMILES string of the molecule is COc1ccc(Cn2cc([C@@H](CC(=O)NCC(C)C)c3ccc(C)cc3)c3ccccc32)cc1. The molecular weight excluding hydrogens is 420 g/mol. The lowest BCUT2D eigenvalue weighted by Crippen LogP contribution is -2.28. The van der Waals surface area contributed by atoms with Crippen LogP contribution < -0.4 is 10.1 Å². The van der Waals surface area contributed by atoms with E-state index in [1.54, 1.807) is 7.11 Å². The van der Waals surface area contributed by atoms with E-state index in [9.17, 15) is 4.79 Å². The largest absolute Gasteiger partial charge is 0.497 e. The Balaban J connectivity index is 1.73. The predicted octanol–water partition coefficient (Wildman–Crippen LogP) is 6.30. The zero-order valence-corrected chi connectivity index (χ0v) is 20.5. The molecule has 0 saturated carbocycles. The second-order valence-corrected chi connectivity index (χ2v) is 9.44. The fraction of sp³-hybridized carbons (Fsp3) is 0.300. The molecule has 4 heteroatoms. The summed E-state index contributed by atoms with van der Waals surface area (Å²) in [6.07, 6.45) is 2.65. The van der Waals surface area contributed by atoms with E-state index in [1.165, 1.54) is 27.6 Å². The fourth-order valence-electron chi connectivity index (χ4n) is 4.39. The normalized spacial score (nSPS) is 12.1. The van der Waals surface area contributed by atoms with Crippen molar-refractivity contribution in [2.75, 3.05) is 13.7 Å². The van der Waals surface area contributed by atoms with Crippen LogP contribution in [0.25, 0.3) is 10.9 Å². The van der Waals surface area contributed by atoms with Gasteiger partial charge in [-0.1, -0.05) is 74.0 Å². The quantitative estimate of drug-likeness (QED) is 0.322. The number of hydrogen-bond acceptors (Lipinski definition) is 2. The monoisotopic (exact) mass is 454 g/mol. The minimum Gasteiger partial charge on any atom is -0.497 e. The lowest BCUT2D eigenvalue weighted by Gasteiger charge is -2.18. The van der Waals surface area contributed by atoms with Gasteiger partial charge in [-0.25, -0.2) is 0 Å². The highest BCUT2D eigenvalue weighted by Gasteiger charge is 2.23. The summed E-state index contributed by atoms with van der Waals surface area (Å²) in [6.45, 7) is 7.77. The highest BCUT2D eigenvalue weighted by atomic mass is 16.5. The number of aryl methyl sites for hydroxylation is 1. The molecule has 1 heterocycles. The number of carbonyl (C=O) groups is 1. The lowest BCUT2D eigenvalue weighted by atomic mass is 9.87. The van der Waals surface area contributed by atoms with E-state index in [2.05, 4.69) is 97.5 Å². The van der Waals surface area contributed by atoms with Gasteiger partial charge < -0.3 is 14.6 Å². The van der Waals surface area contributed by atoms with Gasteiger partial charge in [0, 0.05) is 42.5 Å². The smallest absolute Gasteiger partial charge is 0.220 e. The summed E-state index contributed by atoms with van der Waals surface area (Å²) < 4.78 is 7.60. The van der Waals surface area contributed by atoms with Crippen LogP contribution in [0.15, 0.2) is 79.0 Å². The van der Waals surface area contributed by atoms with Gasteiger partial charge in [0.25, 0.3) is 0 Å². The number of ether oxygens (including phenoxy) is 1. The van der Waals surface area contributed by atoms with Gasteiger partial charge in [-0.2, -0.15) is 0 Å². The van der Waals surface area contributed by atoms with Crippen molar-refractivity contribution in [3.8, 4) is 5.75 Å². The molecule has 1 atom stereocenters. The molecule has 0 aliphatic rings. The standard InChI is InChI=1S/C30H34N2O2/c1-21(2)18-31-30(33)17-27(24-13-9-22(3)10-14-24)28-20-32(29-8-6-5-7-26(28)29)19-23-11-15-25(34-4)16-12-23/h5-16,20-21,27H,17-19H2,1-4H3,(H,31,33)/t27-/m0/s1. The first-order valence-electron chi connectivity index (χ1n) is 12.0. The summed E-state index contributed by atoms with van der Waals surface area (Å²) in [6, 6.07) is 25.3. The Kier molecular flexibility index (Phi) is 7.36. The van der Waals surface area contributed by atoms with Crippen LogP contribution >= 0.6 is 0 Å². The predicted molar refractivity (Wildman–Crippen MR) is 140 cm³/mol. The number of hydrogen-bond donors (Lipinski definition) is 1. The molecule has 0 aliphatic carbocycles. The average molecular weight is 455 g/mol. The van der Waals surface area contributed by atoms with Gasteiger partial charge in [-0.15, -0.1) is 0 Å². The van der Waals surface area contributed by atoms with Crippen molar-refractivity contribution in [3.63, 3.8) is 0 Å². The van der Waals surface area contributed by atoms with Crippen molar-refractivity contribution in [1.82, 2.24) is 9.88 Å². The lowest BCUT2D eigenvalue weighted by molar-refractivity contribution is -0.121. The number of carbonyl (C=O) groups excluding carboxylic acids is 1. The Morgan fingerprint density at radius 1 is 0.971 bits per heavy atom. The summed E-state index contributed by atoms with van der Waals surface area (Å²) in [5.41, 5.74) is 5.95. The first kappa shape index (κ1) is 23.6. The first-order valence-corrected chi connectivity index (χ1v) is 12.0. The molecule has 0 saturated heterocycles. The molecule has 0 spiro atoms. The van der Waals surface area contributed by atoms with Crippen LogP contribution in [0.2, 0.25) is 0 Å². The Morgan fingerprint density at radius 2 is 1.68 bits per heavy atom. The van der Waals surface area contributed by atoms with Gasteiger partial charge in [-0.3, -0.25) is 4.79 Å². The van der Waals surface area contributed by atoms with E-state index in [-0.39, 0.29) is 11.8 Å². The molecule has 34 heavy (non-hydrogen) atoms. The average Bonchev–Trinajstić information content (AvgIpc) is 3.20. The molecule has 4 nitrogen and oxygen atoms in total. The summed E-state index contributed by atoms with van der Waals surface area (Å²) in [5.74, 6) is 1.35. The molecular formula is C30H34N2O2. The molecule has 176 valence electrons. The van der Waals surface area contributed by atoms with Crippen LogP contribution in [0.5, 0.6) is 5.75 Å². The number of nitrogens with one attached hydrogen (secondary N) is 1. The molecule has 0 unspecified atom stereocenters. The van der Waals surface area contributed by atoms with E-state index in [0.29, 0.717) is 18.9 Å². The molecule has 4 aromatic rings.